The molecule has 3 heterocycles. The Bertz CT molecular complexity index is 905. The number of hydrogen-bond donors (Lipinski definition) is 1. The fourth-order valence-corrected chi connectivity index (χ4v) is 3.30. The predicted molar refractivity (Wildman–Crippen MR) is 90.0 cm³/mol. The minimum absolute atomic E-state index is 0.657. The fraction of sp³-hybridized carbons (Fsp3) is 0.278. The number of aromatic nitrogens is 3. The number of H-pyrrole nitrogens is 1. The summed E-state index contributed by atoms with van der Waals surface area (Å²) in [6.45, 7) is 4.32. The zero-order chi connectivity index (χ0) is 15.8. The molecule has 0 amide bonds. The second-order valence-corrected chi connectivity index (χ2v) is 6.16. The highest BCUT2D eigenvalue weighted by Crippen LogP contribution is 2.35. The summed E-state index contributed by atoms with van der Waals surface area (Å²) in [7, 11) is 0. The van der Waals surface area contributed by atoms with Crippen molar-refractivity contribution in [3.05, 3.63) is 42.4 Å². The Labute approximate surface area is 134 Å². The Morgan fingerprint density at radius 2 is 2.26 bits per heavy atom. The van der Waals surface area contributed by atoms with E-state index in [0.29, 0.717) is 11.5 Å². The van der Waals surface area contributed by atoms with Gasteiger partial charge in [0.1, 0.15) is 17.8 Å². The van der Waals surface area contributed by atoms with Crippen LogP contribution in [-0.2, 0) is 0 Å². The van der Waals surface area contributed by atoms with E-state index in [9.17, 15) is 0 Å². The summed E-state index contributed by atoms with van der Waals surface area (Å²) in [6.07, 6.45) is 4.76. The second kappa shape index (κ2) is 5.40. The molecule has 0 saturated carbocycles. The third-order valence-electron chi connectivity index (χ3n) is 4.48. The number of benzene rings is 1. The third kappa shape index (κ3) is 2.33. The summed E-state index contributed by atoms with van der Waals surface area (Å²) in [5.41, 5.74) is 3.56. The average Bonchev–Trinajstić information content (AvgIpc) is 3.21. The summed E-state index contributed by atoms with van der Waals surface area (Å²) in [4.78, 5) is 14.5. The molecule has 1 fully saturated rings. The summed E-state index contributed by atoms with van der Waals surface area (Å²) in [5, 5.41) is 10.2. The van der Waals surface area contributed by atoms with Crippen molar-refractivity contribution in [2.75, 3.05) is 18.0 Å². The molecular formula is C18H17N5. The van der Waals surface area contributed by atoms with Crippen LogP contribution in [0.25, 0.3) is 22.2 Å². The van der Waals surface area contributed by atoms with Crippen LogP contribution in [0.3, 0.4) is 0 Å². The smallest absolute Gasteiger partial charge is 0.143 e. The summed E-state index contributed by atoms with van der Waals surface area (Å²) in [6, 6.07) is 9.86. The van der Waals surface area contributed by atoms with Gasteiger partial charge in [-0.3, -0.25) is 0 Å². The number of aromatic amines is 1. The van der Waals surface area contributed by atoms with Crippen LogP contribution in [0.15, 0.2) is 36.8 Å². The van der Waals surface area contributed by atoms with Crippen molar-refractivity contribution >= 4 is 16.9 Å². The van der Waals surface area contributed by atoms with Gasteiger partial charge in [-0.2, -0.15) is 5.26 Å². The van der Waals surface area contributed by atoms with Crippen molar-refractivity contribution < 1.29 is 0 Å². The highest BCUT2D eigenvalue weighted by Gasteiger charge is 2.23. The highest BCUT2D eigenvalue weighted by molar-refractivity contribution is 6.01. The summed E-state index contributed by atoms with van der Waals surface area (Å²) < 4.78 is 0. The van der Waals surface area contributed by atoms with Gasteiger partial charge < -0.3 is 9.88 Å². The lowest BCUT2D eigenvalue weighted by molar-refractivity contribution is 0.659. The van der Waals surface area contributed by atoms with E-state index in [1.165, 1.54) is 6.42 Å². The quantitative estimate of drug-likeness (QED) is 0.788. The molecule has 1 atom stereocenters. The molecule has 5 nitrogen and oxygen atoms in total. The van der Waals surface area contributed by atoms with Crippen molar-refractivity contribution in [2.24, 2.45) is 5.92 Å². The molecule has 23 heavy (non-hydrogen) atoms. The first-order chi connectivity index (χ1) is 11.3. The standard InChI is InChI=1S/C18H17N5/c1-12-5-6-23(10-12)18-16-15(9-20-17(16)21-11-22-18)14-4-2-3-13(7-14)8-19/h2-4,7,9,11-12H,5-6,10H2,1H3,(H,20,21,22)/t12-/m1/s1. The van der Waals surface area contributed by atoms with Crippen LogP contribution in [0.2, 0.25) is 0 Å². The molecule has 3 aromatic rings. The minimum atomic E-state index is 0.657. The largest absolute Gasteiger partial charge is 0.356 e. The van der Waals surface area contributed by atoms with E-state index in [4.69, 9.17) is 5.26 Å². The number of hydrogen-bond acceptors (Lipinski definition) is 4. The topological polar surface area (TPSA) is 68.6 Å². The molecule has 0 radical (unpaired) electrons. The maximum Gasteiger partial charge on any atom is 0.143 e. The monoisotopic (exact) mass is 303 g/mol. The Morgan fingerprint density at radius 1 is 1.35 bits per heavy atom. The van der Waals surface area contributed by atoms with Gasteiger partial charge in [0.2, 0.25) is 0 Å². The van der Waals surface area contributed by atoms with Gasteiger partial charge in [-0.05, 0) is 30.0 Å². The number of nitrogens with zero attached hydrogens (tertiary/aromatic N) is 4. The van der Waals surface area contributed by atoms with Gasteiger partial charge >= 0.3 is 0 Å². The number of rotatable bonds is 2. The molecule has 114 valence electrons. The highest BCUT2D eigenvalue weighted by atomic mass is 15.2. The van der Waals surface area contributed by atoms with Crippen molar-refractivity contribution in [1.82, 2.24) is 15.0 Å². The average molecular weight is 303 g/mol. The van der Waals surface area contributed by atoms with Gasteiger partial charge in [-0.15, -0.1) is 0 Å². The van der Waals surface area contributed by atoms with E-state index >= 15 is 0 Å². The van der Waals surface area contributed by atoms with Gasteiger partial charge in [0.05, 0.1) is 17.0 Å². The van der Waals surface area contributed by atoms with Crippen LogP contribution in [0.4, 0.5) is 5.82 Å². The van der Waals surface area contributed by atoms with Crippen LogP contribution < -0.4 is 4.90 Å². The van der Waals surface area contributed by atoms with Crippen molar-refractivity contribution in [2.45, 2.75) is 13.3 Å². The van der Waals surface area contributed by atoms with E-state index in [2.05, 4.69) is 32.8 Å². The van der Waals surface area contributed by atoms with Gasteiger partial charge in [0, 0.05) is 24.8 Å². The Hall–Kier alpha value is -2.87. The first-order valence-electron chi connectivity index (χ1n) is 7.84. The van der Waals surface area contributed by atoms with Gasteiger partial charge in [0.15, 0.2) is 0 Å². The molecule has 0 spiro atoms. The minimum Gasteiger partial charge on any atom is -0.356 e. The first-order valence-corrected chi connectivity index (χ1v) is 7.84. The van der Waals surface area contributed by atoms with Gasteiger partial charge in [-0.1, -0.05) is 19.1 Å². The first kappa shape index (κ1) is 13.8. The Balaban J connectivity index is 1.89. The number of anilines is 1. The molecule has 0 aliphatic carbocycles. The van der Waals surface area contributed by atoms with E-state index in [0.717, 1.165) is 41.1 Å². The zero-order valence-electron chi connectivity index (χ0n) is 13.0. The van der Waals surface area contributed by atoms with Crippen LogP contribution in [0, 0.1) is 17.2 Å². The lowest BCUT2D eigenvalue weighted by Gasteiger charge is -2.18. The molecule has 2 aromatic heterocycles. The van der Waals surface area contributed by atoms with Crippen molar-refractivity contribution in [3.8, 4) is 17.2 Å². The predicted octanol–water partition coefficient (Wildman–Crippen LogP) is 3.34. The van der Waals surface area contributed by atoms with Crippen LogP contribution >= 0.6 is 0 Å². The normalized spacial score (nSPS) is 17.6. The second-order valence-electron chi connectivity index (χ2n) is 6.16. The lowest BCUT2D eigenvalue weighted by Crippen LogP contribution is -2.20. The van der Waals surface area contributed by atoms with Crippen LogP contribution in [0.1, 0.15) is 18.9 Å². The summed E-state index contributed by atoms with van der Waals surface area (Å²) in [5.74, 6) is 1.67. The molecule has 1 aliphatic rings. The fourth-order valence-electron chi connectivity index (χ4n) is 3.30. The third-order valence-corrected chi connectivity index (χ3v) is 4.48. The van der Waals surface area contributed by atoms with Crippen molar-refractivity contribution in [3.63, 3.8) is 0 Å². The molecule has 1 aliphatic heterocycles. The van der Waals surface area contributed by atoms with Crippen LogP contribution in [0.5, 0.6) is 0 Å². The van der Waals surface area contributed by atoms with E-state index in [1.807, 2.05) is 30.5 Å². The van der Waals surface area contributed by atoms with Crippen molar-refractivity contribution in [1.29, 1.82) is 5.26 Å². The lowest BCUT2D eigenvalue weighted by atomic mass is 10.0. The SMILES string of the molecule is C[C@@H]1CCN(c2ncnc3[nH]cc(-c4cccc(C#N)c4)c23)C1. The summed E-state index contributed by atoms with van der Waals surface area (Å²) >= 11 is 0. The molecule has 0 unspecified atom stereocenters. The molecule has 4 rings (SSSR count). The maximum absolute atomic E-state index is 9.14. The van der Waals surface area contributed by atoms with E-state index in [-0.39, 0.29) is 0 Å². The Kier molecular flexibility index (Phi) is 3.23. The number of nitrogens with one attached hydrogen (secondary N) is 1. The molecule has 0 bridgehead atoms. The van der Waals surface area contributed by atoms with E-state index in [1.54, 1.807) is 6.33 Å². The maximum atomic E-state index is 9.14. The molecule has 1 N–H and O–H groups in total. The van der Waals surface area contributed by atoms with E-state index < -0.39 is 0 Å². The molecule has 5 heteroatoms. The molecule has 1 aromatic carbocycles. The van der Waals surface area contributed by atoms with Gasteiger partial charge in [-0.25, -0.2) is 9.97 Å². The molecular weight excluding hydrogens is 286 g/mol. The number of fused-ring (bicyclic) bond motifs is 1. The number of nitriles is 1. The molecule has 1 saturated heterocycles. The van der Waals surface area contributed by atoms with Crippen LogP contribution in [-0.4, -0.2) is 28.0 Å². The zero-order valence-corrected chi connectivity index (χ0v) is 13.0. The Morgan fingerprint density at radius 3 is 3.04 bits per heavy atom. The van der Waals surface area contributed by atoms with Gasteiger partial charge in [0.25, 0.3) is 0 Å².